The summed E-state index contributed by atoms with van der Waals surface area (Å²) in [4.78, 5) is 14.8. The predicted octanol–water partition coefficient (Wildman–Crippen LogP) is 3.06. The molecular weight excluding hydrogens is 300 g/mol. The number of nitrogens with zero attached hydrogens (tertiary/aromatic N) is 4. The number of piperidine rings is 1. The first-order valence-electron chi connectivity index (χ1n) is 8.38. The van der Waals surface area contributed by atoms with Crippen molar-refractivity contribution in [1.82, 2.24) is 19.5 Å². The average molecular weight is 320 g/mol. The van der Waals surface area contributed by atoms with Crippen LogP contribution >= 0.6 is 0 Å². The minimum absolute atomic E-state index is 0.117. The predicted molar refractivity (Wildman–Crippen MR) is 92.0 cm³/mol. The van der Waals surface area contributed by atoms with Gasteiger partial charge in [0.25, 0.3) is 5.91 Å². The Labute approximate surface area is 140 Å². The number of aromatic nitrogens is 3. The number of hydrogen-bond donors (Lipinski definition) is 0. The van der Waals surface area contributed by atoms with E-state index in [0.717, 1.165) is 42.0 Å². The Hall–Kier alpha value is -2.69. The molecule has 0 saturated carbocycles. The van der Waals surface area contributed by atoms with Crippen molar-refractivity contribution in [2.24, 2.45) is 0 Å². The number of fused-ring (bicyclic) bond motifs is 1. The molecular formula is C19H20N4O. The number of aryl methyl sites for hydroxylation is 1. The first-order chi connectivity index (χ1) is 11.7. The molecule has 0 spiro atoms. The van der Waals surface area contributed by atoms with Gasteiger partial charge < -0.3 is 4.90 Å². The molecule has 3 aromatic rings. The van der Waals surface area contributed by atoms with Crippen LogP contribution in [0.25, 0.3) is 5.65 Å². The standard InChI is InChI=1S/C19H20N4O/c1-14-7-2-3-9-16(14)19(24)22-11-6-8-15(13-22)18-21-20-17-10-4-5-12-23(17)18/h2-5,7,9-10,12,15H,6,8,11,13H2,1H3. The summed E-state index contributed by atoms with van der Waals surface area (Å²) in [6, 6.07) is 13.7. The lowest BCUT2D eigenvalue weighted by atomic mass is 9.96. The number of likely N-dealkylation sites (tertiary alicyclic amines) is 1. The summed E-state index contributed by atoms with van der Waals surface area (Å²) < 4.78 is 2.03. The number of rotatable bonds is 2. The highest BCUT2D eigenvalue weighted by Gasteiger charge is 2.28. The number of carbonyl (C=O) groups excluding carboxylic acids is 1. The van der Waals surface area contributed by atoms with Crippen LogP contribution in [0.5, 0.6) is 0 Å². The van der Waals surface area contributed by atoms with Gasteiger partial charge in [-0.15, -0.1) is 10.2 Å². The molecule has 1 amide bonds. The van der Waals surface area contributed by atoms with Gasteiger partial charge in [-0.25, -0.2) is 0 Å². The number of amides is 1. The smallest absolute Gasteiger partial charge is 0.254 e. The molecule has 0 N–H and O–H groups in total. The van der Waals surface area contributed by atoms with Gasteiger partial charge in [-0.2, -0.15) is 0 Å². The Balaban J connectivity index is 1.60. The monoisotopic (exact) mass is 320 g/mol. The van der Waals surface area contributed by atoms with Crippen LogP contribution in [0.15, 0.2) is 48.7 Å². The minimum atomic E-state index is 0.117. The summed E-state index contributed by atoms with van der Waals surface area (Å²) in [5.41, 5.74) is 2.68. The van der Waals surface area contributed by atoms with Crippen molar-refractivity contribution in [3.63, 3.8) is 0 Å². The molecule has 24 heavy (non-hydrogen) atoms. The van der Waals surface area contributed by atoms with E-state index < -0.39 is 0 Å². The van der Waals surface area contributed by atoms with Crippen molar-refractivity contribution in [2.75, 3.05) is 13.1 Å². The van der Waals surface area contributed by atoms with Gasteiger partial charge in [-0.1, -0.05) is 24.3 Å². The van der Waals surface area contributed by atoms with E-state index in [1.165, 1.54) is 0 Å². The number of hydrogen-bond acceptors (Lipinski definition) is 3. The van der Waals surface area contributed by atoms with Crippen molar-refractivity contribution in [3.05, 3.63) is 65.6 Å². The van der Waals surface area contributed by atoms with Gasteiger partial charge in [0, 0.05) is 30.8 Å². The molecule has 1 saturated heterocycles. The van der Waals surface area contributed by atoms with Gasteiger partial charge in [0.05, 0.1) is 0 Å². The van der Waals surface area contributed by atoms with Crippen LogP contribution < -0.4 is 0 Å². The van der Waals surface area contributed by atoms with Crippen LogP contribution in [0.1, 0.15) is 40.5 Å². The molecule has 4 rings (SSSR count). The molecule has 122 valence electrons. The van der Waals surface area contributed by atoms with Crippen LogP contribution in [0.2, 0.25) is 0 Å². The molecule has 0 radical (unpaired) electrons. The van der Waals surface area contributed by atoms with E-state index in [2.05, 4.69) is 10.2 Å². The summed E-state index contributed by atoms with van der Waals surface area (Å²) in [6.45, 7) is 3.49. The highest BCUT2D eigenvalue weighted by molar-refractivity contribution is 5.95. The first-order valence-corrected chi connectivity index (χ1v) is 8.38. The van der Waals surface area contributed by atoms with Crippen molar-refractivity contribution in [2.45, 2.75) is 25.7 Å². The van der Waals surface area contributed by atoms with Gasteiger partial charge >= 0.3 is 0 Å². The summed E-state index contributed by atoms with van der Waals surface area (Å²) in [7, 11) is 0. The SMILES string of the molecule is Cc1ccccc1C(=O)N1CCCC(c2nnc3ccccn23)C1. The Morgan fingerprint density at radius 2 is 1.96 bits per heavy atom. The molecule has 1 aliphatic heterocycles. The fourth-order valence-corrected chi connectivity index (χ4v) is 3.49. The lowest BCUT2D eigenvalue weighted by molar-refractivity contribution is 0.0703. The van der Waals surface area contributed by atoms with Crippen molar-refractivity contribution >= 4 is 11.6 Å². The van der Waals surface area contributed by atoms with Crippen molar-refractivity contribution in [1.29, 1.82) is 0 Å². The zero-order valence-electron chi connectivity index (χ0n) is 13.7. The quantitative estimate of drug-likeness (QED) is 0.729. The zero-order chi connectivity index (χ0) is 16.5. The molecule has 3 heterocycles. The lowest BCUT2D eigenvalue weighted by Gasteiger charge is -2.32. The molecule has 5 heteroatoms. The highest BCUT2D eigenvalue weighted by atomic mass is 16.2. The van der Waals surface area contributed by atoms with Crippen LogP contribution in [0.3, 0.4) is 0 Å². The van der Waals surface area contributed by atoms with E-state index in [-0.39, 0.29) is 11.8 Å². The summed E-state index contributed by atoms with van der Waals surface area (Å²) >= 11 is 0. The largest absolute Gasteiger partial charge is 0.338 e. The van der Waals surface area contributed by atoms with Gasteiger partial charge in [-0.05, 0) is 43.5 Å². The second-order valence-corrected chi connectivity index (χ2v) is 6.39. The Bertz CT molecular complexity index is 886. The van der Waals surface area contributed by atoms with E-state index in [9.17, 15) is 4.79 Å². The van der Waals surface area contributed by atoms with Crippen molar-refractivity contribution < 1.29 is 4.79 Å². The lowest BCUT2D eigenvalue weighted by Crippen LogP contribution is -2.39. The maximum Gasteiger partial charge on any atom is 0.254 e. The number of benzene rings is 1. The van der Waals surface area contributed by atoms with Crippen LogP contribution in [-0.2, 0) is 0 Å². The molecule has 0 bridgehead atoms. The summed E-state index contributed by atoms with van der Waals surface area (Å²) in [5, 5.41) is 8.62. The van der Waals surface area contributed by atoms with Crippen LogP contribution in [0.4, 0.5) is 0 Å². The minimum Gasteiger partial charge on any atom is -0.338 e. The third-order valence-electron chi connectivity index (χ3n) is 4.79. The molecule has 1 atom stereocenters. The average Bonchev–Trinajstić information content (AvgIpc) is 3.06. The zero-order valence-corrected chi connectivity index (χ0v) is 13.7. The normalized spacial score (nSPS) is 18.0. The van der Waals surface area contributed by atoms with E-state index in [4.69, 9.17) is 0 Å². The Morgan fingerprint density at radius 3 is 2.83 bits per heavy atom. The fraction of sp³-hybridized carbons (Fsp3) is 0.316. The topological polar surface area (TPSA) is 50.5 Å². The molecule has 2 aromatic heterocycles. The van der Waals surface area contributed by atoms with Gasteiger partial charge in [-0.3, -0.25) is 9.20 Å². The van der Waals surface area contributed by atoms with E-state index in [1.54, 1.807) is 0 Å². The number of pyridine rings is 1. The summed E-state index contributed by atoms with van der Waals surface area (Å²) in [5.74, 6) is 1.30. The first kappa shape index (κ1) is 14.9. The Kier molecular flexibility index (Phi) is 3.76. The van der Waals surface area contributed by atoms with E-state index in [1.807, 2.05) is 64.9 Å². The molecule has 1 aliphatic rings. The van der Waals surface area contributed by atoms with E-state index in [0.29, 0.717) is 6.54 Å². The second kappa shape index (κ2) is 6.07. The van der Waals surface area contributed by atoms with Crippen molar-refractivity contribution in [3.8, 4) is 0 Å². The molecule has 1 fully saturated rings. The molecule has 5 nitrogen and oxygen atoms in total. The Morgan fingerprint density at radius 1 is 1.12 bits per heavy atom. The maximum absolute atomic E-state index is 12.9. The summed E-state index contributed by atoms with van der Waals surface area (Å²) in [6.07, 6.45) is 4.02. The van der Waals surface area contributed by atoms with Gasteiger partial charge in [0.15, 0.2) is 5.65 Å². The third-order valence-corrected chi connectivity index (χ3v) is 4.79. The second-order valence-electron chi connectivity index (χ2n) is 6.39. The molecule has 1 unspecified atom stereocenters. The van der Waals surface area contributed by atoms with Crippen LogP contribution in [0, 0.1) is 6.92 Å². The molecule has 0 aliphatic carbocycles. The maximum atomic E-state index is 12.9. The molecule has 1 aromatic carbocycles. The van der Waals surface area contributed by atoms with Crippen LogP contribution in [-0.4, -0.2) is 38.5 Å². The van der Waals surface area contributed by atoms with Gasteiger partial charge in [0.2, 0.25) is 0 Å². The fourth-order valence-electron chi connectivity index (χ4n) is 3.49. The van der Waals surface area contributed by atoms with E-state index >= 15 is 0 Å². The number of carbonyl (C=O) groups is 1. The third kappa shape index (κ3) is 2.56. The van der Waals surface area contributed by atoms with Gasteiger partial charge in [0.1, 0.15) is 5.82 Å². The highest BCUT2D eigenvalue weighted by Crippen LogP contribution is 2.27.